The summed E-state index contributed by atoms with van der Waals surface area (Å²) in [7, 11) is 1.98. The van der Waals surface area contributed by atoms with E-state index in [1.807, 2.05) is 11.9 Å². The smallest absolute Gasteiger partial charge is 0.232 e. The van der Waals surface area contributed by atoms with Crippen LogP contribution in [0.2, 0.25) is 0 Å². The van der Waals surface area contributed by atoms with Gasteiger partial charge in [-0.15, -0.1) is 24.2 Å². The SMILES string of the molecule is CNCC1CCCN(C(=O)CSc2ccc(C(C)(C)C)cc2)C1.Cl. The van der Waals surface area contributed by atoms with E-state index in [0.29, 0.717) is 11.7 Å². The first-order valence-corrected chi connectivity index (χ1v) is 9.54. The van der Waals surface area contributed by atoms with Gasteiger partial charge in [-0.25, -0.2) is 0 Å². The topological polar surface area (TPSA) is 32.3 Å². The Kier molecular flexibility index (Phi) is 8.61. The molecule has 1 heterocycles. The van der Waals surface area contributed by atoms with Gasteiger partial charge in [-0.2, -0.15) is 0 Å². The van der Waals surface area contributed by atoms with E-state index in [1.54, 1.807) is 11.8 Å². The number of carbonyl (C=O) groups excluding carboxylic acids is 1. The Morgan fingerprint density at radius 1 is 1.29 bits per heavy atom. The quantitative estimate of drug-likeness (QED) is 0.796. The van der Waals surface area contributed by atoms with Gasteiger partial charge in [-0.3, -0.25) is 4.79 Å². The summed E-state index contributed by atoms with van der Waals surface area (Å²) in [6.07, 6.45) is 2.36. The molecule has 1 atom stereocenters. The van der Waals surface area contributed by atoms with E-state index < -0.39 is 0 Å². The number of carbonyl (C=O) groups is 1. The van der Waals surface area contributed by atoms with Gasteiger partial charge < -0.3 is 10.2 Å². The van der Waals surface area contributed by atoms with E-state index in [-0.39, 0.29) is 23.7 Å². The van der Waals surface area contributed by atoms with Crippen LogP contribution in [0.5, 0.6) is 0 Å². The van der Waals surface area contributed by atoms with Crippen molar-refractivity contribution in [1.82, 2.24) is 10.2 Å². The normalized spacial score (nSPS) is 18.2. The molecule has 5 heteroatoms. The fourth-order valence-corrected chi connectivity index (χ4v) is 3.84. The summed E-state index contributed by atoms with van der Waals surface area (Å²) in [4.78, 5) is 15.7. The molecule has 1 amide bonds. The monoisotopic (exact) mass is 370 g/mol. The summed E-state index contributed by atoms with van der Waals surface area (Å²) in [6.45, 7) is 9.49. The summed E-state index contributed by atoms with van der Waals surface area (Å²) in [5.41, 5.74) is 1.51. The predicted octanol–water partition coefficient (Wildman–Crippen LogP) is 3.96. The first-order chi connectivity index (χ1) is 10.9. The third-order valence-electron chi connectivity index (χ3n) is 4.45. The maximum atomic E-state index is 12.4. The zero-order chi connectivity index (χ0) is 16.9. The Bertz CT molecular complexity index is 511. The van der Waals surface area contributed by atoms with Crippen LogP contribution >= 0.6 is 24.2 Å². The highest BCUT2D eigenvalue weighted by atomic mass is 35.5. The van der Waals surface area contributed by atoms with Crippen molar-refractivity contribution >= 4 is 30.1 Å². The lowest BCUT2D eigenvalue weighted by Crippen LogP contribution is -2.43. The lowest BCUT2D eigenvalue weighted by atomic mass is 9.87. The van der Waals surface area contributed by atoms with Crippen LogP contribution in [-0.4, -0.2) is 43.2 Å². The standard InChI is InChI=1S/C19H30N2OS.ClH/c1-19(2,3)16-7-9-17(10-8-16)23-14-18(22)21-11-5-6-15(13-21)12-20-4;/h7-10,15,20H,5-6,11-14H2,1-4H3;1H. The molecule has 1 aromatic rings. The molecule has 1 aliphatic heterocycles. The molecular formula is C19H31ClN2OS. The molecule has 24 heavy (non-hydrogen) atoms. The van der Waals surface area contributed by atoms with E-state index in [2.05, 4.69) is 50.4 Å². The molecule has 0 spiro atoms. The molecule has 1 unspecified atom stereocenters. The van der Waals surface area contributed by atoms with Gasteiger partial charge in [-0.1, -0.05) is 32.9 Å². The first-order valence-electron chi connectivity index (χ1n) is 8.56. The minimum absolute atomic E-state index is 0. The third-order valence-corrected chi connectivity index (χ3v) is 5.44. The van der Waals surface area contributed by atoms with E-state index in [9.17, 15) is 4.79 Å². The number of piperidine rings is 1. The summed E-state index contributed by atoms with van der Waals surface area (Å²) in [5, 5.41) is 3.23. The van der Waals surface area contributed by atoms with Crippen LogP contribution in [0.15, 0.2) is 29.2 Å². The highest BCUT2D eigenvalue weighted by Gasteiger charge is 2.23. The maximum absolute atomic E-state index is 12.4. The van der Waals surface area contributed by atoms with Gasteiger partial charge in [-0.05, 0) is 55.5 Å². The van der Waals surface area contributed by atoms with Crippen LogP contribution in [0.25, 0.3) is 0 Å². The minimum atomic E-state index is 0. The van der Waals surface area contributed by atoms with Crippen LogP contribution < -0.4 is 5.32 Å². The number of hydrogen-bond donors (Lipinski definition) is 1. The molecule has 1 saturated heterocycles. The Balaban J connectivity index is 0.00000288. The lowest BCUT2D eigenvalue weighted by Gasteiger charge is -2.32. The van der Waals surface area contributed by atoms with Crippen molar-refractivity contribution in [3.8, 4) is 0 Å². The van der Waals surface area contributed by atoms with Crippen LogP contribution in [0, 0.1) is 5.92 Å². The van der Waals surface area contributed by atoms with Gasteiger partial charge in [0.2, 0.25) is 5.91 Å². The van der Waals surface area contributed by atoms with Crippen molar-refractivity contribution in [2.75, 3.05) is 32.4 Å². The minimum Gasteiger partial charge on any atom is -0.342 e. The Morgan fingerprint density at radius 2 is 1.96 bits per heavy atom. The number of hydrogen-bond acceptors (Lipinski definition) is 3. The molecule has 0 bridgehead atoms. The van der Waals surface area contributed by atoms with E-state index in [0.717, 1.165) is 26.1 Å². The van der Waals surface area contributed by atoms with E-state index >= 15 is 0 Å². The largest absolute Gasteiger partial charge is 0.342 e. The van der Waals surface area contributed by atoms with Crippen molar-refractivity contribution in [2.45, 2.75) is 43.9 Å². The van der Waals surface area contributed by atoms with Crippen LogP contribution in [0.4, 0.5) is 0 Å². The Hall–Kier alpha value is -0.710. The highest BCUT2D eigenvalue weighted by molar-refractivity contribution is 8.00. The summed E-state index contributed by atoms with van der Waals surface area (Å²) in [6, 6.07) is 8.63. The van der Waals surface area contributed by atoms with Gasteiger partial charge in [0.1, 0.15) is 0 Å². The molecule has 0 radical (unpaired) electrons. The number of rotatable bonds is 5. The summed E-state index contributed by atoms with van der Waals surface area (Å²) in [5.74, 6) is 1.42. The number of amides is 1. The predicted molar refractivity (Wildman–Crippen MR) is 106 cm³/mol. The summed E-state index contributed by atoms with van der Waals surface area (Å²) >= 11 is 1.65. The molecule has 1 aliphatic rings. The van der Waals surface area contributed by atoms with E-state index in [1.165, 1.54) is 16.9 Å². The van der Waals surface area contributed by atoms with Crippen LogP contribution in [0.3, 0.4) is 0 Å². The average Bonchev–Trinajstić information content (AvgIpc) is 2.53. The molecule has 3 nitrogen and oxygen atoms in total. The van der Waals surface area contributed by atoms with Crippen molar-refractivity contribution in [3.63, 3.8) is 0 Å². The molecule has 1 fully saturated rings. The molecular weight excluding hydrogens is 340 g/mol. The van der Waals surface area contributed by atoms with Crippen molar-refractivity contribution < 1.29 is 4.79 Å². The van der Waals surface area contributed by atoms with E-state index in [4.69, 9.17) is 0 Å². The second-order valence-corrected chi connectivity index (χ2v) is 8.52. The highest BCUT2D eigenvalue weighted by Crippen LogP contribution is 2.26. The second kappa shape index (κ2) is 9.69. The molecule has 1 aromatic carbocycles. The van der Waals surface area contributed by atoms with Gasteiger partial charge in [0, 0.05) is 18.0 Å². The third kappa shape index (κ3) is 6.30. The number of thioether (sulfide) groups is 1. The van der Waals surface area contributed by atoms with Crippen LogP contribution in [0.1, 0.15) is 39.2 Å². The molecule has 136 valence electrons. The van der Waals surface area contributed by atoms with Gasteiger partial charge in [0.15, 0.2) is 0 Å². The Morgan fingerprint density at radius 3 is 2.54 bits per heavy atom. The molecule has 0 aliphatic carbocycles. The number of nitrogens with one attached hydrogen (secondary N) is 1. The van der Waals surface area contributed by atoms with Crippen molar-refractivity contribution in [2.24, 2.45) is 5.92 Å². The molecule has 0 saturated carbocycles. The van der Waals surface area contributed by atoms with Gasteiger partial charge in [0.25, 0.3) is 0 Å². The van der Waals surface area contributed by atoms with Gasteiger partial charge >= 0.3 is 0 Å². The summed E-state index contributed by atoms with van der Waals surface area (Å²) < 4.78 is 0. The first kappa shape index (κ1) is 21.3. The molecule has 2 rings (SSSR count). The molecule has 0 aromatic heterocycles. The van der Waals surface area contributed by atoms with Gasteiger partial charge in [0.05, 0.1) is 5.75 Å². The molecule has 1 N–H and O–H groups in total. The van der Waals surface area contributed by atoms with Crippen molar-refractivity contribution in [1.29, 1.82) is 0 Å². The zero-order valence-corrected chi connectivity index (χ0v) is 16.9. The lowest BCUT2D eigenvalue weighted by molar-refractivity contribution is -0.130. The average molecular weight is 371 g/mol. The zero-order valence-electron chi connectivity index (χ0n) is 15.3. The number of halogens is 1. The Labute approximate surface area is 157 Å². The van der Waals surface area contributed by atoms with Crippen molar-refractivity contribution in [3.05, 3.63) is 29.8 Å². The number of benzene rings is 1. The maximum Gasteiger partial charge on any atom is 0.232 e. The second-order valence-electron chi connectivity index (χ2n) is 7.47. The number of likely N-dealkylation sites (tertiary alicyclic amines) is 1. The van der Waals surface area contributed by atoms with Crippen LogP contribution in [-0.2, 0) is 10.2 Å². The fourth-order valence-electron chi connectivity index (χ4n) is 3.03. The number of nitrogens with zero attached hydrogens (tertiary/aromatic N) is 1. The fraction of sp³-hybridized carbons (Fsp3) is 0.632.